The first kappa shape index (κ1) is 10.2. The summed E-state index contributed by atoms with van der Waals surface area (Å²) in [5, 5.41) is 1.81. The number of carbonyl (C=O) groups is 1. The fraction of sp³-hybridized carbons (Fsp3) is 0.0769. The molecule has 0 saturated heterocycles. The molecule has 2 aromatic heterocycles. The molecule has 84 valence electrons. The van der Waals surface area contributed by atoms with Gasteiger partial charge in [-0.1, -0.05) is 18.2 Å². The Kier molecular flexibility index (Phi) is 2.30. The van der Waals surface area contributed by atoms with Crippen molar-refractivity contribution >= 4 is 28.7 Å². The second-order valence-corrected chi connectivity index (χ2v) is 4.68. The number of nitrogens with zero attached hydrogens (tertiary/aromatic N) is 1. The number of fused-ring (bicyclic) bond motifs is 1. The summed E-state index contributed by atoms with van der Waals surface area (Å²) < 4.78 is 5.66. The first-order valence-corrected chi connectivity index (χ1v) is 6.07. The Bertz CT molecular complexity index is 696. The van der Waals surface area contributed by atoms with Gasteiger partial charge in [0.1, 0.15) is 5.52 Å². The van der Waals surface area contributed by atoms with Crippen LogP contribution < -0.4 is 0 Å². The van der Waals surface area contributed by atoms with E-state index in [4.69, 9.17) is 4.42 Å². The largest absolute Gasteiger partial charge is 0.435 e. The summed E-state index contributed by atoms with van der Waals surface area (Å²) in [4.78, 5) is 15.8. The van der Waals surface area contributed by atoms with Crippen molar-refractivity contribution in [2.24, 2.45) is 0 Å². The lowest BCUT2D eigenvalue weighted by Gasteiger charge is -1.98. The topological polar surface area (TPSA) is 43.1 Å². The van der Waals surface area contributed by atoms with Gasteiger partial charge in [-0.3, -0.25) is 4.79 Å². The van der Waals surface area contributed by atoms with Crippen LogP contribution in [0.15, 0.2) is 34.1 Å². The zero-order chi connectivity index (χ0) is 11.8. The molecule has 0 radical (unpaired) electrons. The number of aryl methyl sites for hydroxylation is 1. The Morgan fingerprint density at radius 1 is 1.35 bits per heavy atom. The summed E-state index contributed by atoms with van der Waals surface area (Å²) >= 11 is 1.35. The van der Waals surface area contributed by atoms with Crippen LogP contribution in [0.25, 0.3) is 22.6 Å². The van der Waals surface area contributed by atoms with Gasteiger partial charge in [0.25, 0.3) is 0 Å². The molecule has 0 amide bonds. The molecule has 0 fully saturated rings. The molecule has 0 spiro atoms. The number of carbonyl (C=O) groups excluding carboxylic acids is 1. The minimum absolute atomic E-state index is 0.573. The van der Waals surface area contributed by atoms with Gasteiger partial charge in [0.05, 0.1) is 4.88 Å². The number of benzene rings is 1. The number of oxazole rings is 1. The molecular formula is C13H9NO2S. The van der Waals surface area contributed by atoms with Crippen LogP contribution in [0.3, 0.4) is 0 Å². The molecule has 17 heavy (non-hydrogen) atoms. The van der Waals surface area contributed by atoms with Gasteiger partial charge in [-0.25, -0.2) is 4.98 Å². The first-order valence-electron chi connectivity index (χ1n) is 5.19. The van der Waals surface area contributed by atoms with Crippen molar-refractivity contribution in [3.05, 3.63) is 40.1 Å². The maximum atomic E-state index is 10.8. The molecule has 0 bridgehead atoms. The quantitative estimate of drug-likeness (QED) is 0.645. The summed E-state index contributed by atoms with van der Waals surface area (Å²) in [6, 6.07) is 7.89. The standard InChI is InChI=1S/C13H9NO2S/c1-8-4-2-3-5-9(8)13-14-12-10(16-13)7-17-11(12)6-15/h2-7H,1H3. The number of aromatic nitrogens is 1. The van der Waals surface area contributed by atoms with Crippen molar-refractivity contribution in [1.82, 2.24) is 4.98 Å². The summed E-state index contributed by atoms with van der Waals surface area (Å²) in [6.07, 6.45) is 0.817. The molecule has 0 saturated carbocycles. The highest BCUT2D eigenvalue weighted by molar-refractivity contribution is 7.13. The predicted octanol–water partition coefficient (Wildman–Crippen LogP) is 3.68. The van der Waals surface area contributed by atoms with Crippen LogP contribution in [-0.4, -0.2) is 11.3 Å². The van der Waals surface area contributed by atoms with Crippen molar-refractivity contribution in [1.29, 1.82) is 0 Å². The molecule has 0 N–H and O–H groups in total. The predicted molar refractivity (Wildman–Crippen MR) is 67.4 cm³/mol. The average Bonchev–Trinajstić information content (AvgIpc) is 2.88. The Labute approximate surface area is 102 Å². The maximum absolute atomic E-state index is 10.8. The van der Waals surface area contributed by atoms with Gasteiger partial charge in [0.2, 0.25) is 5.89 Å². The number of aldehydes is 1. The van der Waals surface area contributed by atoms with E-state index < -0.39 is 0 Å². The van der Waals surface area contributed by atoms with Crippen LogP contribution in [-0.2, 0) is 0 Å². The highest BCUT2D eigenvalue weighted by atomic mass is 32.1. The van der Waals surface area contributed by atoms with Crippen molar-refractivity contribution in [2.45, 2.75) is 6.92 Å². The van der Waals surface area contributed by atoms with E-state index in [2.05, 4.69) is 4.98 Å². The molecule has 3 nitrogen and oxygen atoms in total. The van der Waals surface area contributed by atoms with E-state index in [1.54, 1.807) is 0 Å². The monoisotopic (exact) mass is 243 g/mol. The van der Waals surface area contributed by atoms with E-state index in [-0.39, 0.29) is 0 Å². The van der Waals surface area contributed by atoms with Crippen molar-refractivity contribution in [3.63, 3.8) is 0 Å². The molecule has 1 aromatic carbocycles. The lowest BCUT2D eigenvalue weighted by molar-refractivity contribution is 0.112. The summed E-state index contributed by atoms with van der Waals surface area (Å²) in [5.41, 5.74) is 3.40. The minimum atomic E-state index is 0.573. The fourth-order valence-electron chi connectivity index (χ4n) is 1.77. The van der Waals surface area contributed by atoms with Gasteiger partial charge in [0, 0.05) is 10.9 Å². The van der Waals surface area contributed by atoms with Gasteiger partial charge in [-0.05, 0) is 18.6 Å². The fourth-order valence-corrected chi connectivity index (χ4v) is 2.48. The summed E-state index contributed by atoms with van der Waals surface area (Å²) in [5.74, 6) is 0.573. The molecule has 3 aromatic rings. The van der Waals surface area contributed by atoms with Gasteiger partial charge in [0.15, 0.2) is 11.9 Å². The molecule has 3 rings (SSSR count). The normalized spacial score (nSPS) is 10.9. The van der Waals surface area contributed by atoms with Crippen molar-refractivity contribution in [2.75, 3.05) is 0 Å². The molecule has 4 heteroatoms. The number of thiophene rings is 1. The van der Waals surface area contributed by atoms with E-state index in [9.17, 15) is 4.79 Å². The highest BCUT2D eigenvalue weighted by Crippen LogP contribution is 2.30. The molecule has 0 aliphatic rings. The SMILES string of the molecule is Cc1ccccc1-c1nc2c(C=O)scc2o1. The lowest BCUT2D eigenvalue weighted by atomic mass is 10.1. The molecular weight excluding hydrogens is 234 g/mol. The first-order chi connectivity index (χ1) is 8.29. The van der Waals surface area contributed by atoms with Crippen LogP contribution in [0.4, 0.5) is 0 Å². The average molecular weight is 243 g/mol. The van der Waals surface area contributed by atoms with Gasteiger partial charge >= 0.3 is 0 Å². The second-order valence-electron chi connectivity index (χ2n) is 3.76. The third-order valence-corrected chi connectivity index (χ3v) is 3.54. The Morgan fingerprint density at radius 2 is 2.18 bits per heavy atom. The summed E-state index contributed by atoms with van der Waals surface area (Å²) in [7, 11) is 0. The Balaban J connectivity index is 2.22. The molecule has 0 atom stereocenters. The van der Waals surface area contributed by atoms with Gasteiger partial charge in [-0.15, -0.1) is 11.3 Å². The maximum Gasteiger partial charge on any atom is 0.227 e. The van der Waals surface area contributed by atoms with E-state index in [1.807, 2.05) is 36.6 Å². The lowest BCUT2D eigenvalue weighted by Crippen LogP contribution is -1.82. The van der Waals surface area contributed by atoms with E-state index in [0.717, 1.165) is 17.4 Å². The Morgan fingerprint density at radius 3 is 2.94 bits per heavy atom. The molecule has 0 unspecified atom stereocenters. The van der Waals surface area contributed by atoms with Crippen LogP contribution in [0.1, 0.15) is 15.2 Å². The number of hydrogen-bond acceptors (Lipinski definition) is 4. The van der Waals surface area contributed by atoms with E-state index in [0.29, 0.717) is 21.9 Å². The van der Waals surface area contributed by atoms with Crippen LogP contribution in [0.2, 0.25) is 0 Å². The molecule has 0 aliphatic carbocycles. The minimum Gasteiger partial charge on any atom is -0.435 e. The molecule has 2 heterocycles. The smallest absolute Gasteiger partial charge is 0.227 e. The van der Waals surface area contributed by atoms with Gasteiger partial charge in [-0.2, -0.15) is 0 Å². The molecule has 0 aliphatic heterocycles. The van der Waals surface area contributed by atoms with Crippen LogP contribution in [0.5, 0.6) is 0 Å². The van der Waals surface area contributed by atoms with Crippen LogP contribution >= 0.6 is 11.3 Å². The van der Waals surface area contributed by atoms with Crippen molar-refractivity contribution in [3.8, 4) is 11.5 Å². The zero-order valence-corrected chi connectivity index (χ0v) is 9.95. The van der Waals surface area contributed by atoms with E-state index >= 15 is 0 Å². The van der Waals surface area contributed by atoms with Crippen molar-refractivity contribution < 1.29 is 9.21 Å². The van der Waals surface area contributed by atoms with E-state index in [1.165, 1.54) is 11.3 Å². The second kappa shape index (κ2) is 3.82. The van der Waals surface area contributed by atoms with Crippen LogP contribution in [0, 0.1) is 6.92 Å². The third-order valence-electron chi connectivity index (χ3n) is 2.66. The number of hydrogen-bond donors (Lipinski definition) is 0. The van der Waals surface area contributed by atoms with Gasteiger partial charge < -0.3 is 4.42 Å². The zero-order valence-electron chi connectivity index (χ0n) is 9.14. The summed E-state index contributed by atoms with van der Waals surface area (Å²) in [6.45, 7) is 2.01. The third kappa shape index (κ3) is 1.57. The Hall–Kier alpha value is -1.94. The number of rotatable bonds is 2. The highest BCUT2D eigenvalue weighted by Gasteiger charge is 2.14.